The van der Waals surface area contributed by atoms with Crippen LogP contribution < -0.4 is 5.32 Å². The molecule has 2 rings (SSSR count). The molecule has 1 fully saturated rings. The van der Waals surface area contributed by atoms with E-state index >= 15 is 0 Å². The summed E-state index contributed by atoms with van der Waals surface area (Å²) in [6, 6.07) is 6.03. The van der Waals surface area contributed by atoms with E-state index in [1.807, 2.05) is 0 Å². The van der Waals surface area contributed by atoms with Crippen LogP contribution in [0.1, 0.15) is 29.6 Å². The zero-order chi connectivity index (χ0) is 11.6. The second-order valence-corrected chi connectivity index (χ2v) is 4.31. The summed E-state index contributed by atoms with van der Waals surface area (Å²) in [4.78, 5) is 11.6. The van der Waals surface area contributed by atoms with Crippen molar-refractivity contribution in [3.05, 3.63) is 29.8 Å². The first-order valence-corrected chi connectivity index (χ1v) is 5.39. The molecule has 3 N–H and O–H groups in total. The molecule has 4 nitrogen and oxygen atoms in total. The molecule has 0 bridgehead atoms. The van der Waals surface area contributed by atoms with Gasteiger partial charge in [-0.15, -0.1) is 0 Å². The third kappa shape index (κ3) is 2.33. The van der Waals surface area contributed by atoms with Crippen molar-refractivity contribution < 1.29 is 15.0 Å². The molecule has 0 spiro atoms. The van der Waals surface area contributed by atoms with Gasteiger partial charge in [0.2, 0.25) is 0 Å². The van der Waals surface area contributed by atoms with E-state index in [4.69, 9.17) is 5.11 Å². The Morgan fingerprint density at radius 2 is 1.94 bits per heavy atom. The van der Waals surface area contributed by atoms with Crippen molar-refractivity contribution in [2.75, 3.05) is 6.54 Å². The summed E-state index contributed by atoms with van der Waals surface area (Å²) in [7, 11) is 0. The van der Waals surface area contributed by atoms with Crippen molar-refractivity contribution in [2.24, 2.45) is 0 Å². The molecule has 1 aliphatic rings. The quantitative estimate of drug-likeness (QED) is 0.714. The highest BCUT2D eigenvalue weighted by molar-refractivity contribution is 5.94. The minimum absolute atomic E-state index is 0.133. The van der Waals surface area contributed by atoms with Crippen LogP contribution in [0, 0.1) is 0 Å². The zero-order valence-corrected chi connectivity index (χ0v) is 8.94. The number of rotatable bonds is 3. The molecule has 1 amide bonds. The Morgan fingerprint density at radius 1 is 1.31 bits per heavy atom. The predicted octanol–water partition coefficient (Wildman–Crippen LogP) is 1.04. The van der Waals surface area contributed by atoms with Gasteiger partial charge in [0, 0.05) is 12.1 Å². The van der Waals surface area contributed by atoms with Gasteiger partial charge in [-0.05, 0) is 43.5 Å². The van der Waals surface area contributed by atoms with Crippen molar-refractivity contribution in [1.82, 2.24) is 5.32 Å². The fourth-order valence-electron chi connectivity index (χ4n) is 1.72. The average molecular weight is 221 g/mol. The number of nitrogens with one attached hydrogen (secondary N) is 1. The fourth-order valence-corrected chi connectivity index (χ4v) is 1.72. The molecule has 1 aromatic rings. The molecule has 1 aliphatic carbocycles. The van der Waals surface area contributed by atoms with Crippen LogP contribution in [0.25, 0.3) is 0 Å². The van der Waals surface area contributed by atoms with Gasteiger partial charge in [0.15, 0.2) is 0 Å². The van der Waals surface area contributed by atoms with E-state index in [2.05, 4.69) is 5.32 Å². The van der Waals surface area contributed by atoms with E-state index in [1.54, 1.807) is 12.1 Å². The van der Waals surface area contributed by atoms with Crippen molar-refractivity contribution >= 4 is 5.91 Å². The number of phenols is 1. The smallest absolute Gasteiger partial charge is 0.251 e. The summed E-state index contributed by atoms with van der Waals surface area (Å²) < 4.78 is 0. The Hall–Kier alpha value is -1.55. The number of aliphatic hydroxyl groups is 1. The first kappa shape index (κ1) is 11.0. The van der Waals surface area contributed by atoms with E-state index in [0.717, 1.165) is 19.3 Å². The number of benzene rings is 1. The Balaban J connectivity index is 1.90. The molecule has 0 aliphatic heterocycles. The molecule has 16 heavy (non-hydrogen) atoms. The largest absolute Gasteiger partial charge is 0.508 e. The summed E-state index contributed by atoms with van der Waals surface area (Å²) in [6.07, 6.45) is 2.53. The molecule has 4 heteroatoms. The van der Waals surface area contributed by atoms with Gasteiger partial charge in [0.05, 0.1) is 5.60 Å². The van der Waals surface area contributed by atoms with Gasteiger partial charge < -0.3 is 15.5 Å². The van der Waals surface area contributed by atoms with Gasteiger partial charge >= 0.3 is 0 Å². The molecule has 0 saturated heterocycles. The lowest BCUT2D eigenvalue weighted by molar-refractivity contribution is -0.0300. The number of carbonyl (C=O) groups is 1. The van der Waals surface area contributed by atoms with Crippen LogP contribution in [0.5, 0.6) is 5.75 Å². The molecular weight excluding hydrogens is 206 g/mol. The lowest BCUT2D eigenvalue weighted by Crippen LogP contribution is -2.47. The number of carbonyl (C=O) groups excluding carboxylic acids is 1. The van der Waals surface area contributed by atoms with Crippen molar-refractivity contribution in [1.29, 1.82) is 0 Å². The Morgan fingerprint density at radius 3 is 2.44 bits per heavy atom. The molecule has 0 radical (unpaired) electrons. The highest BCUT2D eigenvalue weighted by Gasteiger charge is 2.34. The maximum absolute atomic E-state index is 11.6. The lowest BCUT2D eigenvalue weighted by atomic mass is 9.80. The van der Waals surface area contributed by atoms with E-state index in [0.29, 0.717) is 12.1 Å². The van der Waals surface area contributed by atoms with Gasteiger partial charge in [-0.25, -0.2) is 0 Å². The zero-order valence-electron chi connectivity index (χ0n) is 8.94. The van der Waals surface area contributed by atoms with E-state index < -0.39 is 5.60 Å². The molecule has 0 aromatic heterocycles. The molecule has 86 valence electrons. The number of aromatic hydroxyl groups is 1. The standard InChI is InChI=1S/C12H15NO3/c14-10-4-2-9(3-5-10)11(15)13-8-12(16)6-1-7-12/h2-5,14,16H,1,6-8H2,(H,13,15). The summed E-state index contributed by atoms with van der Waals surface area (Å²) in [5, 5.41) is 21.6. The van der Waals surface area contributed by atoms with Crippen LogP contribution in [0.2, 0.25) is 0 Å². The minimum Gasteiger partial charge on any atom is -0.508 e. The van der Waals surface area contributed by atoms with E-state index in [9.17, 15) is 9.90 Å². The van der Waals surface area contributed by atoms with Crippen molar-refractivity contribution in [3.63, 3.8) is 0 Å². The SMILES string of the molecule is O=C(NCC1(O)CCC1)c1ccc(O)cc1. The molecule has 1 saturated carbocycles. The van der Waals surface area contributed by atoms with Gasteiger partial charge in [-0.3, -0.25) is 4.79 Å². The van der Waals surface area contributed by atoms with Crippen molar-refractivity contribution in [3.8, 4) is 5.75 Å². The lowest BCUT2D eigenvalue weighted by Gasteiger charge is -2.36. The second-order valence-electron chi connectivity index (χ2n) is 4.31. The van der Waals surface area contributed by atoms with Crippen LogP contribution in [-0.2, 0) is 0 Å². The first-order chi connectivity index (χ1) is 7.59. The monoisotopic (exact) mass is 221 g/mol. The highest BCUT2D eigenvalue weighted by atomic mass is 16.3. The number of hydrogen-bond acceptors (Lipinski definition) is 3. The number of amides is 1. The topological polar surface area (TPSA) is 69.6 Å². The van der Waals surface area contributed by atoms with Crippen LogP contribution in [0.3, 0.4) is 0 Å². The van der Waals surface area contributed by atoms with Crippen LogP contribution >= 0.6 is 0 Å². The van der Waals surface area contributed by atoms with Crippen LogP contribution in [-0.4, -0.2) is 28.3 Å². The third-order valence-electron chi connectivity index (χ3n) is 2.99. The number of phenolic OH excluding ortho intramolecular Hbond substituents is 1. The van der Waals surface area contributed by atoms with Gasteiger partial charge in [-0.1, -0.05) is 0 Å². The maximum atomic E-state index is 11.6. The van der Waals surface area contributed by atoms with Crippen LogP contribution in [0.4, 0.5) is 0 Å². The van der Waals surface area contributed by atoms with Crippen molar-refractivity contribution in [2.45, 2.75) is 24.9 Å². The Labute approximate surface area is 93.9 Å². The summed E-state index contributed by atoms with van der Waals surface area (Å²) in [5.41, 5.74) is -0.215. The second kappa shape index (κ2) is 4.14. The maximum Gasteiger partial charge on any atom is 0.251 e. The summed E-state index contributed by atoms with van der Waals surface area (Å²) >= 11 is 0. The average Bonchev–Trinajstić information content (AvgIpc) is 2.24. The first-order valence-electron chi connectivity index (χ1n) is 5.39. The molecular formula is C12H15NO3. The minimum atomic E-state index is -0.702. The fraction of sp³-hybridized carbons (Fsp3) is 0.417. The predicted molar refractivity (Wildman–Crippen MR) is 59.2 cm³/mol. The Bertz CT molecular complexity index is 382. The molecule has 0 atom stereocenters. The van der Waals surface area contributed by atoms with Crippen LogP contribution in [0.15, 0.2) is 24.3 Å². The van der Waals surface area contributed by atoms with Gasteiger partial charge in [0.1, 0.15) is 5.75 Å². The molecule has 0 unspecified atom stereocenters. The van der Waals surface area contributed by atoms with E-state index in [-0.39, 0.29) is 11.7 Å². The third-order valence-corrected chi connectivity index (χ3v) is 2.99. The summed E-state index contributed by atoms with van der Waals surface area (Å²) in [6.45, 7) is 0.298. The number of hydrogen-bond donors (Lipinski definition) is 3. The summed E-state index contributed by atoms with van der Waals surface area (Å²) in [5.74, 6) is -0.0884. The van der Waals surface area contributed by atoms with E-state index in [1.165, 1.54) is 12.1 Å². The normalized spacial score (nSPS) is 17.6. The molecule has 1 aromatic carbocycles. The highest BCUT2D eigenvalue weighted by Crippen LogP contribution is 2.30. The van der Waals surface area contributed by atoms with Gasteiger partial charge in [0.25, 0.3) is 5.91 Å². The molecule has 0 heterocycles. The Kier molecular flexibility index (Phi) is 2.83. The van der Waals surface area contributed by atoms with Gasteiger partial charge in [-0.2, -0.15) is 0 Å².